The molecule has 10 heteroatoms. The first-order valence-corrected chi connectivity index (χ1v) is 7.56. The maximum Gasteiger partial charge on any atom is 0.434 e. The molecule has 2 aromatic heterocycles. The Bertz CT molecular complexity index is 673. The molecule has 2 heterocycles. The lowest BCUT2D eigenvalue weighted by molar-refractivity contribution is -0.140. The first-order valence-electron chi connectivity index (χ1n) is 6.68. The van der Waals surface area contributed by atoms with Gasteiger partial charge in [0.1, 0.15) is 10.8 Å². The minimum atomic E-state index is -4.42. The molecule has 0 bridgehead atoms. The van der Waals surface area contributed by atoms with Crippen molar-refractivity contribution < 1.29 is 17.6 Å². The van der Waals surface area contributed by atoms with Crippen LogP contribution in [0.1, 0.15) is 28.0 Å². The summed E-state index contributed by atoms with van der Waals surface area (Å²) in [6.07, 6.45) is -4.42. The van der Waals surface area contributed by atoms with Crippen LogP contribution in [0, 0.1) is 13.8 Å². The highest BCUT2D eigenvalue weighted by molar-refractivity contribution is 7.09. The van der Waals surface area contributed by atoms with Crippen molar-refractivity contribution in [1.29, 1.82) is 0 Å². The van der Waals surface area contributed by atoms with E-state index >= 15 is 0 Å². The molecular formula is C13H16F3N5OS. The third-order valence-electron chi connectivity index (χ3n) is 2.95. The number of nitrogens with one attached hydrogen (secondary N) is 2. The lowest BCUT2D eigenvalue weighted by atomic mass is 10.4. The van der Waals surface area contributed by atoms with Gasteiger partial charge < -0.3 is 15.1 Å². The van der Waals surface area contributed by atoms with Crippen LogP contribution in [0.3, 0.4) is 0 Å². The molecule has 0 atom stereocenters. The summed E-state index contributed by atoms with van der Waals surface area (Å²) >= 11 is 0.941. The van der Waals surface area contributed by atoms with Crippen molar-refractivity contribution in [2.45, 2.75) is 33.1 Å². The molecule has 0 aliphatic carbocycles. The maximum atomic E-state index is 12.5. The average molecular weight is 347 g/mol. The van der Waals surface area contributed by atoms with E-state index in [-0.39, 0.29) is 6.54 Å². The molecule has 6 nitrogen and oxygen atoms in total. The number of guanidine groups is 1. The summed E-state index contributed by atoms with van der Waals surface area (Å²) in [4.78, 5) is 11.7. The normalized spacial score (nSPS) is 12.5. The molecule has 2 aromatic rings. The summed E-state index contributed by atoms with van der Waals surface area (Å²) in [7, 11) is 1.56. The fourth-order valence-electron chi connectivity index (χ4n) is 1.68. The van der Waals surface area contributed by atoms with Gasteiger partial charge in [0, 0.05) is 12.4 Å². The maximum absolute atomic E-state index is 12.5. The van der Waals surface area contributed by atoms with Crippen molar-refractivity contribution in [2.75, 3.05) is 7.05 Å². The number of alkyl halides is 3. The summed E-state index contributed by atoms with van der Waals surface area (Å²) in [6.45, 7) is 4.12. The topological polar surface area (TPSA) is 75.3 Å². The minimum Gasteiger partial charge on any atom is -0.444 e. The Morgan fingerprint density at radius 3 is 2.48 bits per heavy atom. The van der Waals surface area contributed by atoms with Crippen molar-refractivity contribution in [1.82, 2.24) is 20.6 Å². The van der Waals surface area contributed by atoms with Gasteiger partial charge in [-0.2, -0.15) is 13.2 Å². The lowest BCUT2D eigenvalue weighted by Gasteiger charge is -2.09. The summed E-state index contributed by atoms with van der Waals surface area (Å²) in [5.74, 6) is 1.67. The van der Waals surface area contributed by atoms with E-state index in [9.17, 15) is 13.2 Å². The van der Waals surface area contributed by atoms with Crippen molar-refractivity contribution in [2.24, 2.45) is 4.99 Å². The zero-order valence-corrected chi connectivity index (χ0v) is 13.6. The van der Waals surface area contributed by atoms with Crippen molar-refractivity contribution in [3.8, 4) is 0 Å². The van der Waals surface area contributed by atoms with Gasteiger partial charge in [0.05, 0.1) is 18.8 Å². The molecule has 0 aliphatic heterocycles. The number of aryl methyl sites for hydroxylation is 2. The number of oxazole rings is 1. The number of aliphatic imine (C=N–C) groups is 1. The van der Waals surface area contributed by atoms with Gasteiger partial charge in [-0.15, -0.1) is 11.3 Å². The molecule has 0 unspecified atom stereocenters. The first kappa shape index (κ1) is 17.3. The van der Waals surface area contributed by atoms with Crippen LogP contribution in [0.25, 0.3) is 0 Å². The lowest BCUT2D eigenvalue weighted by Crippen LogP contribution is -2.36. The van der Waals surface area contributed by atoms with Gasteiger partial charge in [-0.1, -0.05) is 0 Å². The van der Waals surface area contributed by atoms with Gasteiger partial charge in [0.25, 0.3) is 0 Å². The molecule has 0 fully saturated rings. The van der Waals surface area contributed by atoms with E-state index in [0.29, 0.717) is 23.4 Å². The molecule has 126 valence electrons. The number of thiazole rings is 1. The second kappa shape index (κ2) is 6.99. The van der Waals surface area contributed by atoms with E-state index in [1.807, 2.05) is 13.8 Å². The standard InChI is InChI=1S/C13H16F3N5OS/c1-7-8(2)22-10(20-7)4-18-12(17-3)19-5-11-21-9(6-23-11)13(14,15)16/h6H,4-5H2,1-3H3,(H2,17,18,19). The SMILES string of the molecule is CN=C(NCc1nc(C)c(C)o1)NCc1nc(C(F)(F)F)cs1. The Morgan fingerprint density at radius 2 is 1.96 bits per heavy atom. The largest absolute Gasteiger partial charge is 0.444 e. The number of aromatic nitrogens is 2. The highest BCUT2D eigenvalue weighted by Crippen LogP contribution is 2.29. The summed E-state index contributed by atoms with van der Waals surface area (Å²) in [6, 6.07) is 0. The molecule has 0 aliphatic rings. The van der Waals surface area contributed by atoms with Crippen LogP contribution in [0.5, 0.6) is 0 Å². The zero-order valence-electron chi connectivity index (χ0n) is 12.8. The number of halogens is 3. The Balaban J connectivity index is 1.86. The fourth-order valence-corrected chi connectivity index (χ4v) is 2.42. The van der Waals surface area contributed by atoms with E-state index in [4.69, 9.17) is 4.42 Å². The van der Waals surface area contributed by atoms with Crippen LogP contribution >= 0.6 is 11.3 Å². The zero-order chi connectivity index (χ0) is 17.0. The van der Waals surface area contributed by atoms with Crippen molar-refractivity contribution in [3.63, 3.8) is 0 Å². The van der Waals surface area contributed by atoms with E-state index < -0.39 is 11.9 Å². The van der Waals surface area contributed by atoms with Crippen LogP contribution in [0.4, 0.5) is 13.2 Å². The Morgan fingerprint density at radius 1 is 1.26 bits per heavy atom. The van der Waals surface area contributed by atoms with Crippen molar-refractivity contribution in [3.05, 3.63) is 33.4 Å². The molecule has 0 saturated heterocycles. The number of rotatable bonds is 4. The van der Waals surface area contributed by atoms with Gasteiger partial charge in [0.15, 0.2) is 11.7 Å². The second-order valence-electron chi connectivity index (χ2n) is 4.65. The van der Waals surface area contributed by atoms with Crippen LogP contribution in [-0.2, 0) is 19.3 Å². The molecule has 2 N–H and O–H groups in total. The van der Waals surface area contributed by atoms with Gasteiger partial charge in [-0.05, 0) is 13.8 Å². The van der Waals surface area contributed by atoms with Gasteiger partial charge in [-0.3, -0.25) is 4.99 Å². The van der Waals surface area contributed by atoms with Gasteiger partial charge >= 0.3 is 6.18 Å². The number of hydrogen-bond donors (Lipinski definition) is 2. The Labute approximate surface area is 134 Å². The molecule has 23 heavy (non-hydrogen) atoms. The van der Waals surface area contributed by atoms with Crippen LogP contribution in [0.15, 0.2) is 14.8 Å². The van der Waals surface area contributed by atoms with Crippen LogP contribution in [-0.4, -0.2) is 23.0 Å². The molecule has 0 aromatic carbocycles. The highest BCUT2D eigenvalue weighted by Gasteiger charge is 2.33. The molecule has 0 spiro atoms. The molecule has 0 radical (unpaired) electrons. The van der Waals surface area contributed by atoms with E-state index in [2.05, 4.69) is 25.6 Å². The summed E-state index contributed by atoms with van der Waals surface area (Å²) < 4.78 is 42.9. The third kappa shape index (κ3) is 4.68. The predicted molar refractivity (Wildman–Crippen MR) is 80.1 cm³/mol. The van der Waals surface area contributed by atoms with Crippen LogP contribution in [0.2, 0.25) is 0 Å². The first-order chi connectivity index (χ1) is 10.8. The Kier molecular flexibility index (Phi) is 5.24. The van der Waals surface area contributed by atoms with Crippen LogP contribution < -0.4 is 10.6 Å². The number of hydrogen-bond acceptors (Lipinski definition) is 5. The second-order valence-corrected chi connectivity index (χ2v) is 5.60. The quantitative estimate of drug-likeness (QED) is 0.657. The smallest absolute Gasteiger partial charge is 0.434 e. The van der Waals surface area contributed by atoms with Gasteiger partial charge in [0.2, 0.25) is 5.89 Å². The average Bonchev–Trinajstić information content (AvgIpc) is 3.06. The fraction of sp³-hybridized carbons (Fsp3) is 0.462. The van der Waals surface area contributed by atoms with E-state index in [1.165, 1.54) is 0 Å². The summed E-state index contributed by atoms with van der Waals surface area (Å²) in [5, 5.41) is 7.18. The molecule has 2 rings (SSSR count). The monoisotopic (exact) mass is 347 g/mol. The molecule has 0 amide bonds. The Hall–Kier alpha value is -2.10. The van der Waals surface area contributed by atoms with Crippen molar-refractivity contribution >= 4 is 17.3 Å². The van der Waals surface area contributed by atoms with E-state index in [1.54, 1.807) is 7.05 Å². The third-order valence-corrected chi connectivity index (χ3v) is 3.80. The molecular weight excluding hydrogens is 331 g/mol. The highest BCUT2D eigenvalue weighted by atomic mass is 32.1. The molecule has 0 saturated carbocycles. The number of nitrogens with zero attached hydrogens (tertiary/aromatic N) is 3. The predicted octanol–water partition coefficient (Wildman–Crippen LogP) is 2.63. The van der Waals surface area contributed by atoms with E-state index in [0.717, 1.165) is 28.2 Å². The van der Waals surface area contributed by atoms with Gasteiger partial charge in [-0.25, -0.2) is 9.97 Å². The minimum absolute atomic E-state index is 0.143. The summed E-state index contributed by atoms with van der Waals surface area (Å²) in [5.41, 5.74) is -0.0693.